The van der Waals surface area contributed by atoms with E-state index < -0.39 is 0 Å². The van der Waals surface area contributed by atoms with E-state index in [1.807, 2.05) is 48.5 Å². The molecular formula is C17H17N3O. The van der Waals surface area contributed by atoms with Crippen LogP contribution in [-0.2, 0) is 0 Å². The largest absolute Gasteiger partial charge is 0.361 e. The van der Waals surface area contributed by atoms with E-state index in [-0.39, 0.29) is 11.9 Å². The topological polar surface area (TPSA) is 53.5 Å². The number of aliphatic imine (C=N–C) groups is 1. The minimum atomic E-state index is -0.168. The van der Waals surface area contributed by atoms with E-state index in [4.69, 9.17) is 0 Å². The third-order valence-electron chi connectivity index (χ3n) is 3.64. The number of benzene rings is 2. The van der Waals surface area contributed by atoms with Gasteiger partial charge in [0.25, 0.3) is 0 Å². The van der Waals surface area contributed by atoms with Gasteiger partial charge in [0.05, 0.1) is 0 Å². The van der Waals surface area contributed by atoms with E-state index in [0.29, 0.717) is 0 Å². The summed E-state index contributed by atoms with van der Waals surface area (Å²) in [4.78, 5) is 16.1. The molecule has 0 radical (unpaired) electrons. The van der Waals surface area contributed by atoms with Gasteiger partial charge in [-0.3, -0.25) is 9.79 Å². The summed E-state index contributed by atoms with van der Waals surface area (Å²) in [5.74, 6) is 0.885. The highest BCUT2D eigenvalue weighted by Crippen LogP contribution is 2.28. The molecule has 1 atom stereocenters. The molecule has 0 fully saturated rings. The van der Waals surface area contributed by atoms with Gasteiger partial charge >= 0.3 is 0 Å². The molecule has 2 aromatic rings. The minimum Gasteiger partial charge on any atom is -0.361 e. The van der Waals surface area contributed by atoms with Crippen LogP contribution in [0, 0.1) is 0 Å². The maximum atomic E-state index is 11.8. The van der Waals surface area contributed by atoms with Crippen molar-refractivity contribution in [3.8, 4) is 0 Å². The SMILES string of the molecule is CN=C1NC(c2ccccc2C(C)=O)Nc2ccccc21. The highest BCUT2D eigenvalue weighted by molar-refractivity contribution is 6.05. The van der Waals surface area contributed by atoms with Crippen LogP contribution >= 0.6 is 0 Å². The van der Waals surface area contributed by atoms with Gasteiger partial charge in [0.1, 0.15) is 12.0 Å². The van der Waals surface area contributed by atoms with Crippen LogP contribution in [0.3, 0.4) is 0 Å². The molecule has 0 saturated heterocycles. The second-order valence-corrected chi connectivity index (χ2v) is 4.98. The third kappa shape index (κ3) is 2.40. The Kier molecular flexibility index (Phi) is 3.44. The fourth-order valence-corrected chi connectivity index (χ4v) is 2.63. The van der Waals surface area contributed by atoms with Crippen molar-refractivity contribution in [2.75, 3.05) is 12.4 Å². The molecule has 2 N–H and O–H groups in total. The lowest BCUT2D eigenvalue weighted by Crippen LogP contribution is -2.39. The number of nitrogens with one attached hydrogen (secondary N) is 2. The first-order chi connectivity index (χ1) is 10.2. The fourth-order valence-electron chi connectivity index (χ4n) is 2.63. The van der Waals surface area contributed by atoms with Crippen molar-refractivity contribution in [2.24, 2.45) is 4.99 Å². The van der Waals surface area contributed by atoms with Crippen LogP contribution in [0.1, 0.15) is 34.6 Å². The van der Waals surface area contributed by atoms with Gasteiger partial charge in [-0.15, -0.1) is 0 Å². The molecule has 106 valence electrons. The highest BCUT2D eigenvalue weighted by Gasteiger charge is 2.24. The van der Waals surface area contributed by atoms with Crippen molar-refractivity contribution in [3.05, 3.63) is 65.2 Å². The number of fused-ring (bicyclic) bond motifs is 1. The average Bonchev–Trinajstić information content (AvgIpc) is 2.53. The van der Waals surface area contributed by atoms with E-state index in [1.54, 1.807) is 14.0 Å². The summed E-state index contributed by atoms with van der Waals surface area (Å²) in [5.41, 5.74) is 3.70. The van der Waals surface area contributed by atoms with E-state index >= 15 is 0 Å². The van der Waals surface area contributed by atoms with Gasteiger partial charge in [-0.25, -0.2) is 0 Å². The standard InChI is InChI=1S/C17H17N3O/c1-11(21)12-7-3-4-8-13(12)17-19-15-10-6-5-9-14(15)16(18-2)20-17/h3-10,17,19H,1-2H3,(H,18,20). The van der Waals surface area contributed by atoms with Crippen LogP contribution in [0.15, 0.2) is 53.5 Å². The average molecular weight is 279 g/mol. The molecule has 0 bridgehead atoms. The van der Waals surface area contributed by atoms with Crippen molar-refractivity contribution in [1.82, 2.24) is 5.32 Å². The molecule has 0 spiro atoms. The number of carbonyl (C=O) groups is 1. The molecule has 21 heavy (non-hydrogen) atoms. The summed E-state index contributed by atoms with van der Waals surface area (Å²) in [6.45, 7) is 1.59. The molecule has 4 nitrogen and oxygen atoms in total. The molecule has 0 aromatic heterocycles. The molecule has 0 saturated carbocycles. The monoisotopic (exact) mass is 279 g/mol. The van der Waals surface area contributed by atoms with E-state index in [0.717, 1.165) is 28.2 Å². The maximum Gasteiger partial charge on any atom is 0.160 e. The predicted molar refractivity (Wildman–Crippen MR) is 84.8 cm³/mol. The molecule has 1 unspecified atom stereocenters. The number of carbonyl (C=O) groups excluding carboxylic acids is 1. The second kappa shape index (κ2) is 5.40. The first kappa shape index (κ1) is 13.4. The number of amidine groups is 1. The normalized spacial score (nSPS) is 18.6. The van der Waals surface area contributed by atoms with Crippen molar-refractivity contribution in [1.29, 1.82) is 0 Å². The second-order valence-electron chi connectivity index (χ2n) is 4.98. The van der Waals surface area contributed by atoms with Gasteiger partial charge < -0.3 is 10.6 Å². The Balaban J connectivity index is 2.05. The van der Waals surface area contributed by atoms with Crippen molar-refractivity contribution >= 4 is 17.3 Å². The lowest BCUT2D eigenvalue weighted by atomic mass is 9.99. The molecule has 2 aromatic carbocycles. The summed E-state index contributed by atoms with van der Waals surface area (Å²) in [5, 5.41) is 6.79. The zero-order chi connectivity index (χ0) is 14.8. The Morgan fingerprint density at radius 2 is 1.76 bits per heavy atom. The molecule has 0 amide bonds. The molecule has 3 rings (SSSR count). The number of hydrogen-bond donors (Lipinski definition) is 2. The number of anilines is 1. The first-order valence-electron chi connectivity index (χ1n) is 6.90. The number of ketones is 1. The molecule has 4 heteroatoms. The Labute approximate surface area is 123 Å². The molecule has 1 heterocycles. The number of para-hydroxylation sites is 1. The van der Waals surface area contributed by atoms with Gasteiger partial charge in [0, 0.05) is 29.4 Å². The summed E-state index contributed by atoms with van der Waals surface area (Å²) < 4.78 is 0. The molecule has 1 aliphatic rings. The number of Topliss-reactive ketones (excluding diaryl/α,β-unsaturated/α-hetero) is 1. The Hall–Kier alpha value is -2.62. The number of hydrogen-bond acceptors (Lipinski definition) is 3. The Morgan fingerprint density at radius 3 is 2.52 bits per heavy atom. The van der Waals surface area contributed by atoms with E-state index in [9.17, 15) is 4.79 Å². The lowest BCUT2D eigenvalue weighted by Gasteiger charge is -2.31. The zero-order valence-electron chi connectivity index (χ0n) is 12.1. The Morgan fingerprint density at radius 1 is 1.05 bits per heavy atom. The summed E-state index contributed by atoms with van der Waals surface area (Å²) >= 11 is 0. The highest BCUT2D eigenvalue weighted by atomic mass is 16.1. The Bertz CT molecular complexity index is 721. The molecular weight excluding hydrogens is 262 g/mol. The maximum absolute atomic E-state index is 11.8. The fraction of sp³-hybridized carbons (Fsp3) is 0.176. The summed E-state index contributed by atoms with van der Waals surface area (Å²) in [6.07, 6.45) is -0.168. The van der Waals surface area contributed by atoms with Gasteiger partial charge in [0.2, 0.25) is 0 Å². The van der Waals surface area contributed by atoms with Gasteiger partial charge in [-0.1, -0.05) is 36.4 Å². The smallest absolute Gasteiger partial charge is 0.160 e. The molecule has 1 aliphatic heterocycles. The summed E-state index contributed by atoms with van der Waals surface area (Å²) in [6, 6.07) is 15.6. The van der Waals surface area contributed by atoms with Crippen LogP contribution in [0.2, 0.25) is 0 Å². The van der Waals surface area contributed by atoms with Crippen LogP contribution in [-0.4, -0.2) is 18.7 Å². The predicted octanol–water partition coefficient (Wildman–Crippen LogP) is 2.98. The van der Waals surface area contributed by atoms with Crippen LogP contribution in [0.25, 0.3) is 0 Å². The van der Waals surface area contributed by atoms with Crippen LogP contribution in [0.4, 0.5) is 5.69 Å². The van der Waals surface area contributed by atoms with Crippen LogP contribution in [0.5, 0.6) is 0 Å². The van der Waals surface area contributed by atoms with E-state index in [1.165, 1.54) is 0 Å². The van der Waals surface area contributed by atoms with Gasteiger partial charge in [-0.05, 0) is 19.1 Å². The molecule has 0 aliphatic carbocycles. The van der Waals surface area contributed by atoms with Gasteiger partial charge in [-0.2, -0.15) is 0 Å². The quantitative estimate of drug-likeness (QED) is 0.831. The summed E-state index contributed by atoms with van der Waals surface area (Å²) in [7, 11) is 1.76. The minimum absolute atomic E-state index is 0.0584. The van der Waals surface area contributed by atoms with Crippen LogP contribution < -0.4 is 10.6 Å². The van der Waals surface area contributed by atoms with E-state index in [2.05, 4.69) is 15.6 Å². The number of rotatable bonds is 2. The first-order valence-corrected chi connectivity index (χ1v) is 6.90. The lowest BCUT2D eigenvalue weighted by molar-refractivity contribution is 0.101. The van der Waals surface area contributed by atoms with Crippen molar-refractivity contribution in [2.45, 2.75) is 13.1 Å². The van der Waals surface area contributed by atoms with Gasteiger partial charge in [0.15, 0.2) is 5.78 Å². The van der Waals surface area contributed by atoms with Crippen molar-refractivity contribution < 1.29 is 4.79 Å². The third-order valence-corrected chi connectivity index (χ3v) is 3.64. The zero-order valence-corrected chi connectivity index (χ0v) is 12.1. The van der Waals surface area contributed by atoms with Crippen molar-refractivity contribution in [3.63, 3.8) is 0 Å². The number of nitrogens with zero attached hydrogens (tertiary/aromatic N) is 1.